The van der Waals surface area contributed by atoms with E-state index in [0.717, 1.165) is 28.3 Å². The molecule has 0 fully saturated rings. The van der Waals surface area contributed by atoms with Gasteiger partial charge in [-0.15, -0.1) is 0 Å². The van der Waals surface area contributed by atoms with Crippen molar-refractivity contribution in [1.29, 1.82) is 0 Å². The van der Waals surface area contributed by atoms with Crippen LogP contribution in [0.5, 0.6) is 11.5 Å². The molecule has 0 aliphatic carbocycles. The molecule has 22 heavy (non-hydrogen) atoms. The summed E-state index contributed by atoms with van der Waals surface area (Å²) in [4.78, 5) is 1.99. The first-order valence-electron chi connectivity index (χ1n) is 7.02. The van der Waals surface area contributed by atoms with Crippen LogP contribution in [0.15, 0.2) is 54.4 Å². The minimum Gasteiger partial charge on any atom is -0.497 e. The van der Waals surface area contributed by atoms with E-state index in [9.17, 15) is 0 Å². The van der Waals surface area contributed by atoms with Crippen molar-refractivity contribution in [2.45, 2.75) is 6.61 Å². The Hall–Kier alpha value is -2.84. The molecule has 0 unspecified atom stereocenters. The van der Waals surface area contributed by atoms with E-state index in [0.29, 0.717) is 12.3 Å². The fraction of sp³-hybridized carbons (Fsp3) is 0.167. The van der Waals surface area contributed by atoms with E-state index in [-0.39, 0.29) is 0 Å². The van der Waals surface area contributed by atoms with E-state index in [1.807, 2.05) is 60.6 Å². The lowest BCUT2D eigenvalue weighted by atomic mass is 10.1. The first kappa shape index (κ1) is 14.1. The molecule has 0 radical (unpaired) electrons. The summed E-state index contributed by atoms with van der Waals surface area (Å²) in [5, 5.41) is 0. The number of ether oxygens (including phenoxy) is 2. The molecule has 0 spiro atoms. The zero-order chi connectivity index (χ0) is 15.5. The van der Waals surface area contributed by atoms with Crippen LogP contribution in [-0.2, 0) is 6.61 Å². The molecule has 0 saturated heterocycles. The number of benzene rings is 2. The molecule has 112 valence electrons. The molecule has 1 aliphatic heterocycles. The lowest BCUT2D eigenvalue weighted by Crippen LogP contribution is -2.14. The van der Waals surface area contributed by atoms with Crippen molar-refractivity contribution in [3.05, 3.63) is 65.5 Å². The van der Waals surface area contributed by atoms with Crippen LogP contribution >= 0.6 is 0 Å². The zero-order valence-electron chi connectivity index (χ0n) is 12.7. The zero-order valence-corrected chi connectivity index (χ0v) is 12.7. The Morgan fingerprint density at radius 1 is 1.09 bits per heavy atom. The SMILES string of the molecule is COc1ccc(COc2ccc3c(c2)C(N)=C=CN3C)cc1. The van der Waals surface area contributed by atoms with E-state index in [4.69, 9.17) is 15.2 Å². The Morgan fingerprint density at radius 2 is 1.82 bits per heavy atom. The number of anilines is 1. The van der Waals surface area contributed by atoms with E-state index in [1.54, 1.807) is 7.11 Å². The number of methoxy groups -OCH3 is 1. The van der Waals surface area contributed by atoms with Gasteiger partial charge < -0.3 is 20.1 Å². The number of fused-ring (bicyclic) bond motifs is 1. The second kappa shape index (κ2) is 5.88. The van der Waals surface area contributed by atoms with Gasteiger partial charge in [0, 0.05) is 18.8 Å². The van der Waals surface area contributed by atoms with Gasteiger partial charge in [-0.1, -0.05) is 17.9 Å². The average Bonchev–Trinajstić information content (AvgIpc) is 2.57. The third-order valence-electron chi connectivity index (χ3n) is 3.62. The molecule has 4 nitrogen and oxygen atoms in total. The summed E-state index contributed by atoms with van der Waals surface area (Å²) in [7, 11) is 3.62. The summed E-state index contributed by atoms with van der Waals surface area (Å²) in [6.07, 6.45) is 1.83. The third kappa shape index (κ3) is 2.78. The Morgan fingerprint density at radius 3 is 2.55 bits per heavy atom. The van der Waals surface area contributed by atoms with E-state index >= 15 is 0 Å². The minimum atomic E-state index is 0.498. The minimum absolute atomic E-state index is 0.498. The second-order valence-corrected chi connectivity index (χ2v) is 5.11. The Bertz CT molecular complexity index is 744. The lowest BCUT2D eigenvalue weighted by Gasteiger charge is -2.21. The molecule has 1 heterocycles. The van der Waals surface area contributed by atoms with Gasteiger partial charge in [0.1, 0.15) is 18.1 Å². The number of nitrogens with zero attached hydrogens (tertiary/aromatic N) is 1. The summed E-state index contributed by atoms with van der Waals surface area (Å²) in [6.45, 7) is 0.498. The van der Waals surface area contributed by atoms with Crippen molar-refractivity contribution < 1.29 is 9.47 Å². The predicted molar refractivity (Wildman–Crippen MR) is 87.8 cm³/mol. The van der Waals surface area contributed by atoms with Crippen molar-refractivity contribution in [1.82, 2.24) is 0 Å². The van der Waals surface area contributed by atoms with Crippen LogP contribution in [0.4, 0.5) is 5.69 Å². The standard InChI is InChI=1S/C18H18N2O2/c1-20-10-9-17(19)16-11-15(7-8-18(16)20)22-12-13-3-5-14(21-2)6-4-13/h3-8,10-11H,12,19H2,1-2H3. The van der Waals surface area contributed by atoms with Gasteiger partial charge in [0.25, 0.3) is 0 Å². The van der Waals surface area contributed by atoms with Crippen molar-refractivity contribution in [3.63, 3.8) is 0 Å². The number of hydrogen-bond donors (Lipinski definition) is 1. The van der Waals surface area contributed by atoms with Crippen LogP contribution < -0.4 is 20.1 Å². The fourth-order valence-electron chi connectivity index (χ4n) is 2.33. The predicted octanol–water partition coefficient (Wildman–Crippen LogP) is 3.14. The van der Waals surface area contributed by atoms with Crippen molar-refractivity contribution in [2.24, 2.45) is 5.73 Å². The summed E-state index contributed by atoms with van der Waals surface area (Å²) in [5.41, 5.74) is 12.7. The first-order chi connectivity index (χ1) is 10.7. The van der Waals surface area contributed by atoms with Crippen LogP contribution in [0.2, 0.25) is 0 Å². The average molecular weight is 294 g/mol. The molecule has 4 heteroatoms. The summed E-state index contributed by atoms with van der Waals surface area (Å²) in [5.74, 6) is 1.62. The molecule has 0 saturated carbocycles. The highest BCUT2D eigenvalue weighted by Crippen LogP contribution is 2.30. The molecule has 0 aromatic heterocycles. The van der Waals surface area contributed by atoms with Gasteiger partial charge in [-0.3, -0.25) is 0 Å². The Balaban J connectivity index is 1.75. The highest BCUT2D eigenvalue weighted by atomic mass is 16.5. The van der Waals surface area contributed by atoms with Crippen molar-refractivity contribution >= 4 is 11.4 Å². The molecule has 2 aromatic rings. The highest BCUT2D eigenvalue weighted by Gasteiger charge is 2.13. The third-order valence-corrected chi connectivity index (χ3v) is 3.62. The van der Waals surface area contributed by atoms with Crippen molar-refractivity contribution in [3.8, 4) is 11.5 Å². The van der Waals surface area contributed by atoms with Crippen LogP contribution in [0.1, 0.15) is 11.1 Å². The number of rotatable bonds is 4. The summed E-state index contributed by atoms with van der Waals surface area (Å²) >= 11 is 0. The largest absolute Gasteiger partial charge is 0.497 e. The molecular formula is C18H18N2O2. The molecule has 0 amide bonds. The van der Waals surface area contributed by atoms with Gasteiger partial charge in [-0.2, -0.15) is 0 Å². The van der Waals surface area contributed by atoms with Gasteiger partial charge in [0.15, 0.2) is 0 Å². The molecular weight excluding hydrogens is 276 g/mol. The molecule has 1 aliphatic rings. The highest BCUT2D eigenvalue weighted by molar-refractivity contribution is 5.79. The topological polar surface area (TPSA) is 47.7 Å². The number of nitrogens with two attached hydrogens (primary N) is 1. The van der Waals surface area contributed by atoms with E-state index < -0.39 is 0 Å². The van der Waals surface area contributed by atoms with Gasteiger partial charge >= 0.3 is 0 Å². The maximum atomic E-state index is 5.99. The monoisotopic (exact) mass is 294 g/mol. The van der Waals surface area contributed by atoms with E-state index in [1.165, 1.54) is 0 Å². The maximum Gasteiger partial charge on any atom is 0.120 e. The fourth-order valence-corrected chi connectivity index (χ4v) is 2.33. The lowest BCUT2D eigenvalue weighted by molar-refractivity contribution is 0.306. The summed E-state index contributed by atoms with van der Waals surface area (Å²) in [6, 6.07) is 13.7. The Labute approximate surface area is 130 Å². The van der Waals surface area contributed by atoms with E-state index in [2.05, 4.69) is 5.73 Å². The summed E-state index contributed by atoms with van der Waals surface area (Å²) < 4.78 is 11.0. The van der Waals surface area contributed by atoms with Crippen LogP contribution in [0, 0.1) is 0 Å². The van der Waals surface area contributed by atoms with Gasteiger partial charge in [0.2, 0.25) is 0 Å². The molecule has 2 N–H and O–H groups in total. The quantitative estimate of drug-likeness (QED) is 0.880. The second-order valence-electron chi connectivity index (χ2n) is 5.11. The normalized spacial score (nSPS) is 12.6. The van der Waals surface area contributed by atoms with Crippen LogP contribution in [0.3, 0.4) is 0 Å². The van der Waals surface area contributed by atoms with Gasteiger partial charge in [0.05, 0.1) is 18.5 Å². The van der Waals surface area contributed by atoms with Crippen molar-refractivity contribution in [2.75, 3.05) is 19.1 Å². The molecule has 3 rings (SSSR count). The van der Waals surface area contributed by atoms with Crippen LogP contribution in [0.25, 0.3) is 5.70 Å². The number of hydrogen-bond acceptors (Lipinski definition) is 4. The van der Waals surface area contributed by atoms with Gasteiger partial charge in [-0.25, -0.2) is 0 Å². The molecule has 2 aromatic carbocycles. The maximum absolute atomic E-state index is 5.99. The van der Waals surface area contributed by atoms with Crippen LogP contribution in [-0.4, -0.2) is 14.2 Å². The Kier molecular flexibility index (Phi) is 3.77. The van der Waals surface area contributed by atoms with Gasteiger partial charge in [-0.05, 0) is 35.9 Å². The molecule has 0 atom stereocenters. The first-order valence-corrected chi connectivity index (χ1v) is 7.02. The molecule has 0 bridgehead atoms. The smallest absolute Gasteiger partial charge is 0.120 e.